The Hall–Kier alpha value is -3.81. The van der Waals surface area contributed by atoms with Gasteiger partial charge in [0.05, 0.1) is 16.6 Å². The molecule has 0 aliphatic rings. The van der Waals surface area contributed by atoms with E-state index >= 15 is 0 Å². The fourth-order valence-corrected chi connectivity index (χ4v) is 2.48. The minimum Gasteiger partial charge on any atom is -0.439 e. The first-order valence-corrected chi connectivity index (χ1v) is 7.82. The highest BCUT2D eigenvalue weighted by molar-refractivity contribution is 5.89. The number of rotatable bonds is 4. The monoisotopic (exact) mass is 347 g/mol. The molecular weight excluding hydrogens is 334 g/mol. The molecule has 8 nitrogen and oxygen atoms in total. The largest absolute Gasteiger partial charge is 0.439 e. The summed E-state index contributed by atoms with van der Waals surface area (Å²) >= 11 is 0. The average Bonchev–Trinajstić information content (AvgIpc) is 3.22. The van der Waals surface area contributed by atoms with E-state index < -0.39 is 5.97 Å². The van der Waals surface area contributed by atoms with Gasteiger partial charge in [0.25, 0.3) is 5.56 Å². The van der Waals surface area contributed by atoms with Gasteiger partial charge in [0.15, 0.2) is 6.73 Å². The molecule has 2 aromatic heterocycles. The molecule has 0 radical (unpaired) electrons. The van der Waals surface area contributed by atoms with Gasteiger partial charge in [0.2, 0.25) is 0 Å². The van der Waals surface area contributed by atoms with Gasteiger partial charge >= 0.3 is 5.97 Å². The van der Waals surface area contributed by atoms with Gasteiger partial charge in [0, 0.05) is 12.4 Å². The summed E-state index contributed by atoms with van der Waals surface area (Å²) in [6.07, 6.45) is 3.47. The predicted octanol–water partition coefficient (Wildman–Crippen LogP) is 1.79. The molecule has 0 bridgehead atoms. The van der Waals surface area contributed by atoms with Crippen LogP contribution in [0.3, 0.4) is 0 Å². The van der Waals surface area contributed by atoms with E-state index in [-0.39, 0.29) is 12.3 Å². The Kier molecular flexibility index (Phi) is 3.98. The van der Waals surface area contributed by atoms with Crippen LogP contribution in [-0.4, -0.2) is 30.7 Å². The Morgan fingerprint density at radius 1 is 1.04 bits per heavy atom. The predicted molar refractivity (Wildman–Crippen MR) is 92.8 cm³/mol. The highest BCUT2D eigenvalue weighted by atomic mass is 16.5. The van der Waals surface area contributed by atoms with Crippen molar-refractivity contribution in [3.8, 4) is 5.69 Å². The number of benzene rings is 2. The van der Waals surface area contributed by atoms with E-state index in [9.17, 15) is 9.59 Å². The fourth-order valence-electron chi connectivity index (χ4n) is 2.48. The first kappa shape index (κ1) is 15.7. The van der Waals surface area contributed by atoms with Crippen molar-refractivity contribution >= 4 is 16.9 Å². The molecule has 4 rings (SSSR count). The minimum absolute atomic E-state index is 0.309. The molecule has 0 aliphatic carbocycles. The van der Waals surface area contributed by atoms with Crippen molar-refractivity contribution in [2.45, 2.75) is 6.73 Å². The summed E-state index contributed by atoms with van der Waals surface area (Å²) in [7, 11) is 0. The number of carbonyl (C=O) groups excluding carboxylic acids is 1. The summed E-state index contributed by atoms with van der Waals surface area (Å²) in [5, 5.41) is 12.3. The smallest absolute Gasteiger partial charge is 0.339 e. The number of carbonyl (C=O) groups is 1. The molecule has 4 aromatic rings. The van der Waals surface area contributed by atoms with Gasteiger partial charge in [-0.3, -0.25) is 4.79 Å². The van der Waals surface area contributed by atoms with Gasteiger partial charge in [-0.15, -0.1) is 5.10 Å². The number of fused-ring (bicyclic) bond motifs is 1. The third-order valence-electron chi connectivity index (χ3n) is 3.82. The Balaban J connectivity index is 1.49. The zero-order valence-electron chi connectivity index (χ0n) is 13.5. The highest BCUT2D eigenvalue weighted by Crippen LogP contribution is 2.10. The fraction of sp³-hybridized carbons (Fsp3) is 0.0556. The molecule has 0 saturated carbocycles. The van der Waals surface area contributed by atoms with Gasteiger partial charge in [-0.25, -0.2) is 9.48 Å². The van der Waals surface area contributed by atoms with Crippen LogP contribution in [0.4, 0.5) is 0 Å². The Morgan fingerprint density at radius 3 is 2.62 bits per heavy atom. The van der Waals surface area contributed by atoms with Crippen molar-refractivity contribution in [2.75, 3.05) is 0 Å². The molecule has 2 aromatic carbocycles. The Labute approximate surface area is 147 Å². The van der Waals surface area contributed by atoms with E-state index in [2.05, 4.69) is 15.4 Å². The first-order valence-electron chi connectivity index (χ1n) is 7.82. The van der Waals surface area contributed by atoms with Crippen LogP contribution in [0.1, 0.15) is 10.4 Å². The second-order valence-corrected chi connectivity index (χ2v) is 5.47. The molecule has 0 atom stereocenters. The molecule has 128 valence electrons. The van der Waals surface area contributed by atoms with Gasteiger partial charge in [0.1, 0.15) is 5.52 Å². The number of nitrogens with zero attached hydrogens (tertiary/aromatic N) is 5. The van der Waals surface area contributed by atoms with Crippen LogP contribution in [0.2, 0.25) is 0 Å². The van der Waals surface area contributed by atoms with Crippen molar-refractivity contribution in [1.82, 2.24) is 24.8 Å². The summed E-state index contributed by atoms with van der Waals surface area (Å²) in [4.78, 5) is 24.5. The molecule has 0 saturated heterocycles. The van der Waals surface area contributed by atoms with Crippen LogP contribution in [0.5, 0.6) is 0 Å². The van der Waals surface area contributed by atoms with Crippen molar-refractivity contribution < 1.29 is 9.53 Å². The van der Waals surface area contributed by atoms with Crippen LogP contribution in [-0.2, 0) is 11.5 Å². The molecule has 2 heterocycles. The second-order valence-electron chi connectivity index (χ2n) is 5.47. The average molecular weight is 347 g/mol. The second kappa shape index (κ2) is 6.60. The third-order valence-corrected chi connectivity index (χ3v) is 3.82. The quantitative estimate of drug-likeness (QED) is 0.523. The molecule has 0 amide bonds. The van der Waals surface area contributed by atoms with Crippen LogP contribution in [0, 0.1) is 0 Å². The van der Waals surface area contributed by atoms with Crippen molar-refractivity contribution in [3.05, 3.63) is 82.9 Å². The summed E-state index contributed by atoms with van der Waals surface area (Å²) in [6.45, 7) is -0.309. The zero-order valence-corrected chi connectivity index (χ0v) is 13.5. The first-order chi connectivity index (χ1) is 12.7. The molecule has 0 spiro atoms. The zero-order chi connectivity index (χ0) is 17.9. The topological polar surface area (TPSA) is 91.9 Å². The Bertz CT molecular complexity index is 1120. The minimum atomic E-state index is -0.557. The Morgan fingerprint density at radius 2 is 1.85 bits per heavy atom. The van der Waals surface area contributed by atoms with Crippen molar-refractivity contribution in [2.24, 2.45) is 0 Å². The maximum absolute atomic E-state index is 12.3. The van der Waals surface area contributed by atoms with Crippen LogP contribution < -0.4 is 5.56 Å². The lowest BCUT2D eigenvalue weighted by Gasteiger charge is -2.07. The van der Waals surface area contributed by atoms with Crippen LogP contribution in [0.15, 0.2) is 71.8 Å². The summed E-state index contributed by atoms with van der Waals surface area (Å²) < 4.78 is 7.87. The lowest BCUT2D eigenvalue weighted by Crippen LogP contribution is -2.26. The van der Waals surface area contributed by atoms with Crippen molar-refractivity contribution in [3.63, 3.8) is 0 Å². The van der Waals surface area contributed by atoms with Gasteiger partial charge < -0.3 is 4.74 Å². The molecule has 0 aliphatic heterocycles. The third kappa shape index (κ3) is 2.95. The number of esters is 1. The van der Waals surface area contributed by atoms with E-state index in [1.807, 2.05) is 6.07 Å². The molecule has 8 heteroatoms. The van der Waals surface area contributed by atoms with E-state index in [0.29, 0.717) is 16.5 Å². The molecule has 0 fully saturated rings. The van der Waals surface area contributed by atoms with Crippen LogP contribution >= 0.6 is 0 Å². The highest BCUT2D eigenvalue weighted by Gasteiger charge is 2.10. The maximum atomic E-state index is 12.3. The standard InChI is InChI=1S/C18H13N5O3/c24-17-15-4-1-2-5-16(15)20-21-23(17)12-26-18(25)13-6-8-14(9-7-13)22-11-3-10-19-22/h1-11H,12H2. The SMILES string of the molecule is O=C(OCn1nnc2ccccc2c1=O)c1ccc(-n2cccn2)cc1. The van der Waals surface area contributed by atoms with Gasteiger partial charge in [-0.05, 0) is 42.5 Å². The van der Waals surface area contributed by atoms with Crippen LogP contribution in [0.25, 0.3) is 16.6 Å². The van der Waals surface area contributed by atoms with E-state index in [4.69, 9.17) is 4.74 Å². The molecule has 26 heavy (non-hydrogen) atoms. The van der Waals surface area contributed by atoms with Gasteiger partial charge in [-0.1, -0.05) is 17.3 Å². The normalized spacial score (nSPS) is 10.8. The summed E-state index contributed by atoms with van der Waals surface area (Å²) in [5.41, 5.74) is 1.32. The molecule has 0 N–H and O–H groups in total. The summed E-state index contributed by atoms with van der Waals surface area (Å²) in [5.74, 6) is -0.557. The van der Waals surface area contributed by atoms with E-state index in [1.165, 1.54) is 0 Å². The number of ether oxygens (including phenoxy) is 1. The molecule has 0 unspecified atom stereocenters. The number of hydrogen-bond acceptors (Lipinski definition) is 6. The summed E-state index contributed by atoms with van der Waals surface area (Å²) in [6, 6.07) is 15.4. The maximum Gasteiger partial charge on any atom is 0.339 e. The number of hydrogen-bond donors (Lipinski definition) is 0. The molecular formula is C18H13N5O3. The van der Waals surface area contributed by atoms with Gasteiger partial charge in [-0.2, -0.15) is 9.78 Å². The lowest BCUT2D eigenvalue weighted by atomic mass is 10.2. The number of aromatic nitrogens is 5. The van der Waals surface area contributed by atoms with Crippen molar-refractivity contribution in [1.29, 1.82) is 0 Å². The lowest BCUT2D eigenvalue weighted by molar-refractivity contribution is 0.0336. The van der Waals surface area contributed by atoms with E-state index in [1.54, 1.807) is 65.6 Å². The van der Waals surface area contributed by atoms with E-state index in [0.717, 1.165) is 10.4 Å².